The molecular weight excluding hydrogens is 324 g/mol. The topological polar surface area (TPSA) is 63.8 Å². The van der Waals surface area contributed by atoms with Gasteiger partial charge in [0, 0.05) is 17.3 Å². The average molecular weight is 338 g/mol. The largest absolute Gasteiger partial charge is 0.496 e. The Hall–Kier alpha value is -2.86. The number of methoxy groups -OCH3 is 1. The summed E-state index contributed by atoms with van der Waals surface area (Å²) in [5.41, 5.74) is 1.77. The lowest BCUT2D eigenvalue weighted by Gasteiger charge is -2.10. The highest BCUT2D eigenvalue weighted by molar-refractivity contribution is 7.17. The first-order valence-electron chi connectivity index (χ1n) is 7.41. The van der Waals surface area contributed by atoms with Gasteiger partial charge >= 0.3 is 5.97 Å². The molecule has 24 heavy (non-hydrogen) atoms. The molecule has 0 saturated heterocycles. The van der Waals surface area contributed by atoms with Crippen LogP contribution in [0, 0.1) is 0 Å². The standard InChI is InChI=1S/C18H14N2O3S/c1-23-15-7-6-11-4-2-3-5-13(11)17(15)14-10-20-9-12(8-16(21)22)24-18(20)19-14/h2-7,9-10H,8H2,1H3,(H,21,22). The van der Waals surface area contributed by atoms with E-state index in [0.717, 1.165) is 37.6 Å². The Morgan fingerprint density at radius 3 is 2.83 bits per heavy atom. The molecule has 120 valence electrons. The molecule has 0 bridgehead atoms. The molecular formula is C18H14N2O3S. The van der Waals surface area contributed by atoms with Crippen molar-refractivity contribution in [2.24, 2.45) is 0 Å². The van der Waals surface area contributed by atoms with Crippen molar-refractivity contribution in [3.8, 4) is 17.0 Å². The van der Waals surface area contributed by atoms with Crippen molar-refractivity contribution in [3.05, 3.63) is 53.7 Å². The van der Waals surface area contributed by atoms with E-state index in [1.165, 1.54) is 11.3 Å². The first-order chi connectivity index (χ1) is 11.7. The van der Waals surface area contributed by atoms with Crippen LogP contribution >= 0.6 is 11.3 Å². The van der Waals surface area contributed by atoms with Crippen molar-refractivity contribution >= 4 is 33.0 Å². The van der Waals surface area contributed by atoms with Crippen molar-refractivity contribution in [3.63, 3.8) is 0 Å². The molecule has 2 heterocycles. The van der Waals surface area contributed by atoms with Gasteiger partial charge in [-0.2, -0.15) is 0 Å². The molecule has 0 spiro atoms. The second-order valence-electron chi connectivity index (χ2n) is 5.45. The number of rotatable bonds is 4. The third kappa shape index (κ3) is 2.41. The summed E-state index contributed by atoms with van der Waals surface area (Å²) in [6.45, 7) is 0. The molecule has 0 aliphatic rings. The highest BCUT2D eigenvalue weighted by Crippen LogP contribution is 2.37. The predicted molar refractivity (Wildman–Crippen MR) is 93.9 cm³/mol. The molecule has 0 saturated carbocycles. The van der Waals surface area contributed by atoms with E-state index in [1.54, 1.807) is 7.11 Å². The first kappa shape index (κ1) is 14.7. The highest BCUT2D eigenvalue weighted by Gasteiger charge is 2.16. The minimum atomic E-state index is -0.838. The lowest BCUT2D eigenvalue weighted by Crippen LogP contribution is -1.97. The average Bonchev–Trinajstić information content (AvgIpc) is 3.11. The Kier molecular flexibility index (Phi) is 3.46. The number of benzene rings is 2. The number of carboxylic acid groups (broad SMARTS) is 1. The molecule has 4 rings (SSSR count). The number of nitrogens with zero attached hydrogens (tertiary/aromatic N) is 2. The fraction of sp³-hybridized carbons (Fsp3) is 0.111. The number of fused-ring (bicyclic) bond motifs is 2. The SMILES string of the molecule is COc1ccc2ccccc2c1-c1cn2cc(CC(=O)O)sc2n1. The molecule has 0 fully saturated rings. The van der Waals surface area contributed by atoms with Crippen LogP contribution in [0.15, 0.2) is 48.8 Å². The van der Waals surface area contributed by atoms with Crippen LogP contribution in [0.1, 0.15) is 4.88 Å². The third-order valence-corrected chi connectivity index (χ3v) is 4.89. The lowest BCUT2D eigenvalue weighted by molar-refractivity contribution is -0.136. The van der Waals surface area contributed by atoms with E-state index in [1.807, 2.05) is 41.1 Å². The van der Waals surface area contributed by atoms with E-state index in [0.29, 0.717) is 0 Å². The Labute approximate surface area is 141 Å². The molecule has 6 heteroatoms. The van der Waals surface area contributed by atoms with Crippen LogP contribution in [0.4, 0.5) is 0 Å². The van der Waals surface area contributed by atoms with Crippen LogP contribution < -0.4 is 4.74 Å². The van der Waals surface area contributed by atoms with Gasteiger partial charge in [-0.15, -0.1) is 11.3 Å². The first-order valence-corrected chi connectivity index (χ1v) is 8.22. The van der Waals surface area contributed by atoms with Crippen LogP contribution in [0.3, 0.4) is 0 Å². The van der Waals surface area contributed by atoms with E-state index in [2.05, 4.69) is 17.1 Å². The molecule has 0 radical (unpaired) electrons. The van der Waals surface area contributed by atoms with Gasteiger partial charge in [0.1, 0.15) is 5.75 Å². The van der Waals surface area contributed by atoms with E-state index in [9.17, 15) is 4.79 Å². The summed E-state index contributed by atoms with van der Waals surface area (Å²) in [5.74, 6) is -0.0688. The van der Waals surface area contributed by atoms with Crippen molar-refractivity contribution in [2.45, 2.75) is 6.42 Å². The molecule has 0 amide bonds. The number of carbonyl (C=O) groups is 1. The fourth-order valence-corrected chi connectivity index (χ4v) is 3.83. The Bertz CT molecular complexity index is 1030. The van der Waals surface area contributed by atoms with E-state index in [-0.39, 0.29) is 6.42 Å². The van der Waals surface area contributed by atoms with Crippen molar-refractivity contribution in [1.29, 1.82) is 0 Å². The van der Waals surface area contributed by atoms with E-state index < -0.39 is 5.97 Å². The zero-order chi connectivity index (χ0) is 16.7. The monoisotopic (exact) mass is 338 g/mol. The zero-order valence-corrected chi connectivity index (χ0v) is 13.7. The number of ether oxygens (including phenoxy) is 1. The minimum absolute atomic E-state index is 0.0148. The molecule has 0 atom stereocenters. The van der Waals surface area contributed by atoms with E-state index >= 15 is 0 Å². The second kappa shape index (κ2) is 5.65. The Morgan fingerprint density at radius 2 is 2.08 bits per heavy atom. The predicted octanol–water partition coefficient (Wildman–Crippen LogP) is 3.85. The molecule has 5 nitrogen and oxygen atoms in total. The summed E-state index contributed by atoms with van der Waals surface area (Å²) in [7, 11) is 1.65. The van der Waals surface area contributed by atoms with Crippen LogP contribution in [-0.2, 0) is 11.2 Å². The lowest BCUT2D eigenvalue weighted by atomic mass is 10.0. The molecule has 0 aliphatic carbocycles. The van der Waals surface area contributed by atoms with Gasteiger partial charge in [-0.05, 0) is 16.8 Å². The van der Waals surface area contributed by atoms with Gasteiger partial charge in [-0.3, -0.25) is 9.20 Å². The number of aliphatic carboxylic acids is 1. The second-order valence-corrected chi connectivity index (χ2v) is 6.54. The van der Waals surface area contributed by atoms with E-state index in [4.69, 9.17) is 9.84 Å². The fourth-order valence-electron chi connectivity index (χ4n) is 2.88. The molecule has 1 N–H and O–H groups in total. The highest BCUT2D eigenvalue weighted by atomic mass is 32.1. The summed E-state index contributed by atoms with van der Waals surface area (Å²) in [6.07, 6.45) is 3.75. The Morgan fingerprint density at radius 1 is 1.25 bits per heavy atom. The van der Waals surface area contributed by atoms with Crippen molar-refractivity contribution in [2.75, 3.05) is 7.11 Å². The van der Waals surface area contributed by atoms with Crippen LogP contribution in [0.25, 0.3) is 27.0 Å². The Balaban J connectivity index is 1.89. The molecule has 0 unspecified atom stereocenters. The maximum Gasteiger partial charge on any atom is 0.308 e. The van der Waals surface area contributed by atoms with Gasteiger partial charge in [0.25, 0.3) is 0 Å². The van der Waals surface area contributed by atoms with Crippen LogP contribution in [-0.4, -0.2) is 27.6 Å². The zero-order valence-electron chi connectivity index (χ0n) is 12.9. The molecule has 2 aromatic carbocycles. The van der Waals surface area contributed by atoms with Gasteiger partial charge in [0.2, 0.25) is 0 Å². The smallest absolute Gasteiger partial charge is 0.308 e. The van der Waals surface area contributed by atoms with Gasteiger partial charge < -0.3 is 9.84 Å². The summed E-state index contributed by atoms with van der Waals surface area (Å²) in [4.78, 5) is 17.1. The molecule has 4 aromatic rings. The van der Waals surface area contributed by atoms with Gasteiger partial charge in [-0.25, -0.2) is 4.98 Å². The molecule has 0 aliphatic heterocycles. The van der Waals surface area contributed by atoms with Gasteiger partial charge in [-0.1, -0.05) is 30.3 Å². The number of thiazole rings is 1. The van der Waals surface area contributed by atoms with Gasteiger partial charge in [0.15, 0.2) is 4.96 Å². The summed E-state index contributed by atoms with van der Waals surface area (Å²) >= 11 is 1.39. The van der Waals surface area contributed by atoms with Crippen LogP contribution in [0.2, 0.25) is 0 Å². The summed E-state index contributed by atoms with van der Waals surface area (Å²) in [6, 6.07) is 12.1. The van der Waals surface area contributed by atoms with Gasteiger partial charge in [0.05, 0.1) is 24.8 Å². The quantitative estimate of drug-likeness (QED) is 0.614. The third-order valence-electron chi connectivity index (χ3n) is 3.90. The minimum Gasteiger partial charge on any atom is -0.496 e. The van der Waals surface area contributed by atoms with Crippen molar-refractivity contribution < 1.29 is 14.6 Å². The summed E-state index contributed by atoms with van der Waals surface area (Å²) in [5, 5.41) is 11.1. The number of imidazole rings is 1. The normalized spacial score (nSPS) is 11.2. The maximum absolute atomic E-state index is 10.8. The van der Waals surface area contributed by atoms with Crippen molar-refractivity contribution in [1.82, 2.24) is 9.38 Å². The maximum atomic E-state index is 10.8. The number of carboxylic acids is 1. The number of hydrogen-bond acceptors (Lipinski definition) is 4. The summed E-state index contributed by atoms with van der Waals surface area (Å²) < 4.78 is 7.41. The van der Waals surface area contributed by atoms with Crippen LogP contribution in [0.5, 0.6) is 5.75 Å². The number of aromatic nitrogens is 2. The molecule has 2 aromatic heterocycles. The number of hydrogen-bond donors (Lipinski definition) is 1.